The first-order valence-electron chi connectivity index (χ1n) is 14.5. The van der Waals surface area contributed by atoms with Gasteiger partial charge in [0, 0.05) is 11.6 Å². The smallest absolute Gasteiger partial charge is 0.407 e. The van der Waals surface area contributed by atoms with Gasteiger partial charge < -0.3 is 25.8 Å². The summed E-state index contributed by atoms with van der Waals surface area (Å²) in [6.45, 7) is 5.39. The predicted octanol–water partition coefficient (Wildman–Crippen LogP) is 2.92. The Balaban J connectivity index is 1.90. The topological polar surface area (TPSA) is 177 Å². The van der Waals surface area contributed by atoms with Gasteiger partial charge in [-0.15, -0.1) is 0 Å². The number of amides is 3. The second-order valence-electron chi connectivity index (χ2n) is 12.0. The fourth-order valence-corrected chi connectivity index (χ4v) is 5.46. The second kappa shape index (κ2) is 15.6. The van der Waals surface area contributed by atoms with Gasteiger partial charge >= 0.3 is 6.09 Å². The van der Waals surface area contributed by atoms with Gasteiger partial charge in [0.25, 0.3) is 5.91 Å². The number of aliphatic hydroxyl groups is 1. The number of nitrogens with one attached hydrogen (secondary N) is 3. The maximum atomic E-state index is 13.6. The van der Waals surface area contributed by atoms with Gasteiger partial charge in [-0.1, -0.05) is 87.5 Å². The van der Waals surface area contributed by atoms with Gasteiger partial charge in [0.15, 0.2) is 0 Å². The number of benzene rings is 3. The number of hydrogen-bond donors (Lipinski definition) is 5. The van der Waals surface area contributed by atoms with Crippen molar-refractivity contribution >= 4 is 27.9 Å². The summed E-state index contributed by atoms with van der Waals surface area (Å²) in [5, 5.41) is 25.3. The molecule has 0 fully saturated rings. The average Bonchev–Trinajstić information content (AvgIpc) is 2.99. The first kappa shape index (κ1) is 35.2. The number of ether oxygens (including phenoxy) is 1. The summed E-state index contributed by atoms with van der Waals surface area (Å²) in [5.41, 5.74) is 1.16. The lowest BCUT2D eigenvalue weighted by atomic mass is 9.85. The van der Waals surface area contributed by atoms with E-state index in [9.17, 15) is 27.9 Å². The molecular weight excluding hydrogens is 596 g/mol. The first-order chi connectivity index (χ1) is 21.2. The highest BCUT2D eigenvalue weighted by Gasteiger charge is 2.36. The average molecular weight is 639 g/mol. The number of nitrogens with two attached hydrogens (primary N) is 1. The predicted molar refractivity (Wildman–Crippen MR) is 171 cm³/mol. The highest BCUT2D eigenvalue weighted by molar-refractivity contribution is 7.89. The Labute approximate surface area is 264 Å². The van der Waals surface area contributed by atoms with Gasteiger partial charge in [-0.2, -0.15) is 0 Å². The van der Waals surface area contributed by atoms with E-state index < -0.39 is 57.6 Å². The first-order valence-corrected chi connectivity index (χ1v) is 16.1. The highest BCUT2D eigenvalue weighted by atomic mass is 32.2. The molecule has 6 N–H and O–H groups in total. The number of methoxy groups -OCH3 is 1. The van der Waals surface area contributed by atoms with Crippen LogP contribution in [-0.4, -0.2) is 62.8 Å². The summed E-state index contributed by atoms with van der Waals surface area (Å²) in [5.74, 6) is -1.05. The number of primary sulfonamides is 1. The largest absolute Gasteiger partial charge is 0.453 e. The number of sulfonamides is 1. The van der Waals surface area contributed by atoms with Crippen molar-refractivity contribution in [2.24, 2.45) is 10.6 Å². The fourth-order valence-electron chi connectivity index (χ4n) is 4.90. The molecule has 4 atom stereocenters. The van der Waals surface area contributed by atoms with Crippen molar-refractivity contribution in [2.75, 3.05) is 7.11 Å². The summed E-state index contributed by atoms with van der Waals surface area (Å²) in [7, 11) is -2.82. The lowest BCUT2D eigenvalue weighted by Crippen LogP contribution is -2.58. The molecule has 0 unspecified atom stereocenters. The maximum Gasteiger partial charge on any atom is 0.407 e. The van der Waals surface area contributed by atoms with Crippen LogP contribution >= 0.6 is 0 Å². The number of rotatable bonds is 13. The third-order valence-corrected chi connectivity index (χ3v) is 8.19. The summed E-state index contributed by atoms with van der Waals surface area (Å²) in [6.07, 6.45) is -1.25. The van der Waals surface area contributed by atoms with Crippen molar-refractivity contribution in [1.82, 2.24) is 16.0 Å². The van der Waals surface area contributed by atoms with Crippen LogP contribution in [0, 0.1) is 5.41 Å². The summed E-state index contributed by atoms with van der Waals surface area (Å²) in [6, 6.07) is 21.7. The van der Waals surface area contributed by atoms with Crippen molar-refractivity contribution in [2.45, 2.75) is 69.2 Å². The molecule has 0 spiro atoms. The molecule has 3 aromatic carbocycles. The molecule has 0 aromatic heterocycles. The van der Waals surface area contributed by atoms with Crippen molar-refractivity contribution in [3.8, 4) is 0 Å². The minimum Gasteiger partial charge on any atom is -0.453 e. The number of alkyl carbamates (subject to hydrolysis) is 1. The van der Waals surface area contributed by atoms with E-state index >= 15 is 0 Å². The lowest BCUT2D eigenvalue weighted by Gasteiger charge is -2.33. The molecule has 3 rings (SSSR count). The molecule has 3 aromatic rings. The van der Waals surface area contributed by atoms with Crippen LogP contribution in [0.1, 0.15) is 48.7 Å². The SMILES string of the molecule is COC(=O)N[C@H](C(=O)N[C@@H](Cc1ccccc1)[C@@H](O)C[C@H](Cc1ccccc1)NC(=O)c1cccc(S(N)(=O)=O)c1)C(C)(C)C. The van der Waals surface area contributed by atoms with Crippen LogP contribution in [-0.2, 0) is 32.4 Å². The molecule has 12 heteroatoms. The van der Waals surface area contributed by atoms with Crippen LogP contribution in [0.25, 0.3) is 0 Å². The van der Waals surface area contributed by atoms with E-state index in [0.717, 1.165) is 11.1 Å². The summed E-state index contributed by atoms with van der Waals surface area (Å²) in [4.78, 5) is 38.8. The Morgan fingerprint density at radius 2 is 1.42 bits per heavy atom. The number of aliphatic hydroxyl groups excluding tert-OH is 1. The molecule has 11 nitrogen and oxygen atoms in total. The van der Waals surface area contributed by atoms with Crippen molar-refractivity contribution in [3.63, 3.8) is 0 Å². The molecule has 0 aliphatic heterocycles. The molecule has 3 amide bonds. The van der Waals surface area contributed by atoms with Crippen LogP contribution < -0.4 is 21.1 Å². The van der Waals surface area contributed by atoms with Gasteiger partial charge in [-0.3, -0.25) is 9.59 Å². The number of carbonyl (C=O) groups is 3. The quantitative estimate of drug-likeness (QED) is 0.191. The van der Waals surface area contributed by atoms with Crippen LogP contribution in [0.2, 0.25) is 0 Å². The minimum atomic E-state index is -4.03. The van der Waals surface area contributed by atoms with Crippen LogP contribution in [0.15, 0.2) is 89.8 Å². The van der Waals surface area contributed by atoms with Crippen LogP contribution in [0.4, 0.5) is 4.79 Å². The van der Waals surface area contributed by atoms with E-state index in [2.05, 4.69) is 16.0 Å². The molecular formula is C33H42N4O7S. The summed E-state index contributed by atoms with van der Waals surface area (Å²) >= 11 is 0. The van der Waals surface area contributed by atoms with E-state index in [-0.39, 0.29) is 23.3 Å². The number of hydrogen-bond acceptors (Lipinski definition) is 7. The van der Waals surface area contributed by atoms with E-state index in [1.807, 2.05) is 60.7 Å². The van der Waals surface area contributed by atoms with Gasteiger partial charge in [0.05, 0.1) is 24.2 Å². The minimum absolute atomic E-state index is 0.0396. The van der Waals surface area contributed by atoms with Crippen LogP contribution in [0.5, 0.6) is 0 Å². The van der Waals surface area contributed by atoms with E-state index in [0.29, 0.717) is 6.42 Å². The molecule has 0 aliphatic rings. The molecule has 45 heavy (non-hydrogen) atoms. The fraction of sp³-hybridized carbons (Fsp3) is 0.364. The zero-order valence-electron chi connectivity index (χ0n) is 25.9. The molecule has 0 radical (unpaired) electrons. The van der Waals surface area contributed by atoms with Crippen molar-refractivity contribution in [1.29, 1.82) is 0 Å². The van der Waals surface area contributed by atoms with E-state index in [1.165, 1.54) is 31.4 Å². The Kier molecular flexibility index (Phi) is 12.2. The van der Waals surface area contributed by atoms with Crippen LogP contribution in [0.3, 0.4) is 0 Å². The molecule has 0 bridgehead atoms. The highest BCUT2D eigenvalue weighted by Crippen LogP contribution is 2.21. The zero-order valence-corrected chi connectivity index (χ0v) is 26.7. The Hall–Kier alpha value is -4.26. The zero-order chi connectivity index (χ0) is 33.2. The standard InChI is InChI=1S/C33H42N4O7S/c1-33(2,3)29(37-32(41)44-4)31(40)36-27(19-23-14-9-6-10-15-23)28(38)21-25(18-22-12-7-5-8-13-22)35-30(39)24-16-11-17-26(20-24)45(34,42)43/h5-17,20,25,27-29,38H,18-19,21H2,1-4H3,(H,35,39)(H,36,40)(H,37,41)(H2,34,42,43)/t25-,27-,28-,29+/m0/s1. The normalized spacial score (nSPS) is 14.4. The second-order valence-corrected chi connectivity index (χ2v) is 13.5. The number of carbonyl (C=O) groups excluding carboxylic acids is 3. The Bertz CT molecular complexity index is 1540. The monoisotopic (exact) mass is 638 g/mol. The maximum absolute atomic E-state index is 13.6. The summed E-state index contributed by atoms with van der Waals surface area (Å²) < 4.78 is 28.5. The third-order valence-electron chi connectivity index (χ3n) is 7.28. The Morgan fingerprint density at radius 3 is 1.96 bits per heavy atom. The van der Waals surface area contributed by atoms with Gasteiger partial charge in [-0.05, 0) is 54.0 Å². The lowest BCUT2D eigenvalue weighted by molar-refractivity contribution is -0.127. The molecule has 0 saturated heterocycles. The van der Waals surface area contributed by atoms with Crippen molar-refractivity contribution < 1.29 is 32.6 Å². The molecule has 0 heterocycles. The van der Waals surface area contributed by atoms with E-state index in [1.54, 1.807) is 20.8 Å². The third kappa shape index (κ3) is 11.0. The van der Waals surface area contributed by atoms with Gasteiger partial charge in [0.1, 0.15) is 6.04 Å². The molecule has 0 saturated carbocycles. The van der Waals surface area contributed by atoms with Gasteiger partial charge in [0.2, 0.25) is 15.9 Å². The Morgan fingerprint density at radius 1 is 0.844 bits per heavy atom. The van der Waals surface area contributed by atoms with E-state index in [4.69, 9.17) is 9.88 Å². The van der Waals surface area contributed by atoms with Gasteiger partial charge in [-0.25, -0.2) is 18.4 Å². The molecule has 0 aliphatic carbocycles. The van der Waals surface area contributed by atoms with Crippen molar-refractivity contribution in [3.05, 3.63) is 102 Å². The molecule has 242 valence electrons.